The summed E-state index contributed by atoms with van der Waals surface area (Å²) in [6, 6.07) is 8.76. The number of likely N-dealkylation sites (tertiary alicyclic amines) is 1. The highest BCUT2D eigenvalue weighted by Crippen LogP contribution is 2.41. The van der Waals surface area contributed by atoms with Crippen LogP contribution in [0.2, 0.25) is 0 Å². The SMILES string of the molecule is Cc1nc(C(=O)N2CCC([C@@]3(c4cccnc4)NC(=O)N(Cc4ccc(F)cc4)C3=O)CC2)cs1. The van der Waals surface area contributed by atoms with Gasteiger partial charge in [-0.25, -0.2) is 14.2 Å². The predicted molar refractivity (Wildman–Crippen MR) is 127 cm³/mol. The Bertz CT molecular complexity index is 1260. The van der Waals surface area contributed by atoms with E-state index in [1.165, 1.54) is 28.4 Å². The number of thiazole rings is 1. The lowest BCUT2D eigenvalue weighted by molar-refractivity contribution is -0.134. The first-order valence-electron chi connectivity index (χ1n) is 11.4. The maximum atomic E-state index is 13.9. The van der Waals surface area contributed by atoms with E-state index in [1.807, 2.05) is 6.92 Å². The van der Waals surface area contributed by atoms with Crippen LogP contribution in [0.4, 0.5) is 9.18 Å². The molecule has 0 unspecified atom stereocenters. The van der Waals surface area contributed by atoms with Crippen molar-refractivity contribution in [2.24, 2.45) is 5.92 Å². The van der Waals surface area contributed by atoms with Crippen molar-refractivity contribution in [2.75, 3.05) is 13.1 Å². The number of carbonyl (C=O) groups is 3. The molecule has 1 N–H and O–H groups in total. The number of hydrogen-bond donors (Lipinski definition) is 1. The average molecular weight is 494 g/mol. The minimum absolute atomic E-state index is 0.0352. The van der Waals surface area contributed by atoms with Gasteiger partial charge >= 0.3 is 6.03 Å². The molecule has 0 aliphatic carbocycles. The van der Waals surface area contributed by atoms with E-state index in [0.717, 1.165) is 5.01 Å². The molecule has 180 valence electrons. The molecular formula is C25H24FN5O3S. The predicted octanol–water partition coefficient (Wildman–Crippen LogP) is 3.49. The van der Waals surface area contributed by atoms with Gasteiger partial charge in [0.05, 0.1) is 11.6 Å². The minimum atomic E-state index is -1.28. The molecule has 4 amide bonds. The topological polar surface area (TPSA) is 95.5 Å². The van der Waals surface area contributed by atoms with Gasteiger partial charge in [-0.05, 0) is 49.4 Å². The Morgan fingerprint density at radius 2 is 1.94 bits per heavy atom. The molecule has 2 aliphatic rings. The van der Waals surface area contributed by atoms with Crippen molar-refractivity contribution in [3.05, 3.63) is 81.8 Å². The molecule has 5 rings (SSSR count). The van der Waals surface area contributed by atoms with Crippen LogP contribution in [-0.4, -0.2) is 50.7 Å². The Hall–Kier alpha value is -3.66. The van der Waals surface area contributed by atoms with Gasteiger partial charge in [0.25, 0.3) is 11.8 Å². The molecule has 2 aromatic heterocycles. The second kappa shape index (κ2) is 9.18. The maximum absolute atomic E-state index is 13.9. The Kier molecular flexibility index (Phi) is 6.06. The van der Waals surface area contributed by atoms with Gasteiger partial charge in [-0.1, -0.05) is 18.2 Å². The van der Waals surface area contributed by atoms with Gasteiger partial charge in [0.2, 0.25) is 0 Å². The third-order valence-corrected chi connectivity index (χ3v) is 7.51. The molecule has 1 aromatic carbocycles. The lowest BCUT2D eigenvalue weighted by atomic mass is 9.73. The van der Waals surface area contributed by atoms with E-state index in [1.54, 1.807) is 46.9 Å². The average Bonchev–Trinajstić information content (AvgIpc) is 3.42. The van der Waals surface area contributed by atoms with Gasteiger partial charge in [0.15, 0.2) is 5.54 Å². The standard InChI is InChI=1S/C25H24FN5O3S/c1-16-28-21(15-35-16)22(32)30-11-8-18(9-12-30)25(19-3-2-10-27-13-19)23(33)31(24(34)29-25)14-17-4-6-20(26)7-5-17/h2-7,10,13,15,18H,8-9,11-12,14H2,1H3,(H,29,34)/t25-/m0/s1. The number of halogens is 1. The minimum Gasteiger partial charge on any atom is -0.337 e. The number of rotatable bonds is 5. The molecule has 0 saturated carbocycles. The van der Waals surface area contributed by atoms with E-state index in [4.69, 9.17) is 0 Å². The number of imide groups is 1. The van der Waals surface area contributed by atoms with Crippen LogP contribution in [0.5, 0.6) is 0 Å². The number of piperidine rings is 1. The molecule has 4 heterocycles. The van der Waals surface area contributed by atoms with Crippen LogP contribution in [0, 0.1) is 18.7 Å². The van der Waals surface area contributed by atoms with Crippen molar-refractivity contribution < 1.29 is 18.8 Å². The van der Waals surface area contributed by atoms with Crippen LogP contribution in [0.25, 0.3) is 0 Å². The zero-order valence-electron chi connectivity index (χ0n) is 19.1. The number of benzene rings is 1. The van der Waals surface area contributed by atoms with Crippen LogP contribution in [0.15, 0.2) is 54.2 Å². The molecule has 1 atom stereocenters. The third kappa shape index (κ3) is 4.18. The summed E-state index contributed by atoms with van der Waals surface area (Å²) in [5, 5.41) is 5.56. The largest absolute Gasteiger partial charge is 0.337 e. The van der Waals surface area contributed by atoms with Crippen molar-refractivity contribution in [1.82, 2.24) is 25.1 Å². The normalized spacial score (nSPS) is 20.9. The molecule has 10 heteroatoms. The molecule has 0 spiro atoms. The van der Waals surface area contributed by atoms with Crippen LogP contribution < -0.4 is 5.32 Å². The fourth-order valence-corrected chi connectivity index (χ4v) is 5.54. The quantitative estimate of drug-likeness (QED) is 0.549. The summed E-state index contributed by atoms with van der Waals surface area (Å²) in [6.45, 7) is 2.79. The fraction of sp³-hybridized carbons (Fsp3) is 0.320. The monoisotopic (exact) mass is 493 g/mol. The first-order valence-corrected chi connectivity index (χ1v) is 12.3. The zero-order valence-corrected chi connectivity index (χ0v) is 19.9. The molecule has 2 fully saturated rings. The van der Waals surface area contributed by atoms with E-state index < -0.39 is 11.6 Å². The van der Waals surface area contributed by atoms with E-state index in [0.29, 0.717) is 42.8 Å². The van der Waals surface area contributed by atoms with Crippen LogP contribution in [0.1, 0.15) is 39.5 Å². The molecule has 2 saturated heterocycles. The molecule has 0 radical (unpaired) electrons. The van der Waals surface area contributed by atoms with E-state index in [2.05, 4.69) is 15.3 Å². The van der Waals surface area contributed by atoms with Gasteiger partial charge in [-0.3, -0.25) is 19.5 Å². The van der Waals surface area contributed by atoms with Crippen molar-refractivity contribution in [3.8, 4) is 0 Å². The maximum Gasteiger partial charge on any atom is 0.325 e. The van der Waals surface area contributed by atoms with Gasteiger partial charge in [-0.2, -0.15) is 0 Å². The molecule has 8 nitrogen and oxygen atoms in total. The van der Waals surface area contributed by atoms with Crippen molar-refractivity contribution in [1.29, 1.82) is 0 Å². The number of nitrogens with zero attached hydrogens (tertiary/aromatic N) is 4. The summed E-state index contributed by atoms with van der Waals surface area (Å²) in [5.41, 5.74) is 0.414. The Morgan fingerprint density at radius 1 is 1.20 bits per heavy atom. The van der Waals surface area contributed by atoms with E-state index in [-0.39, 0.29) is 30.1 Å². The number of amides is 4. The first-order chi connectivity index (χ1) is 16.9. The number of carbonyl (C=O) groups excluding carboxylic acids is 3. The molecule has 0 bridgehead atoms. The second-order valence-corrected chi connectivity index (χ2v) is 9.88. The Morgan fingerprint density at radius 3 is 2.57 bits per heavy atom. The van der Waals surface area contributed by atoms with Crippen LogP contribution >= 0.6 is 11.3 Å². The Labute approximate surface area is 205 Å². The molecular weight excluding hydrogens is 469 g/mol. The zero-order chi connectivity index (χ0) is 24.6. The lowest BCUT2D eigenvalue weighted by Gasteiger charge is -2.40. The summed E-state index contributed by atoms with van der Waals surface area (Å²) in [6.07, 6.45) is 4.28. The highest BCUT2D eigenvalue weighted by molar-refractivity contribution is 7.09. The van der Waals surface area contributed by atoms with Gasteiger partial charge in [0, 0.05) is 36.4 Å². The highest BCUT2D eigenvalue weighted by atomic mass is 32.1. The van der Waals surface area contributed by atoms with Gasteiger partial charge in [0.1, 0.15) is 11.5 Å². The fourth-order valence-electron chi connectivity index (χ4n) is 4.95. The van der Waals surface area contributed by atoms with E-state index >= 15 is 0 Å². The number of hydrogen-bond acceptors (Lipinski definition) is 6. The van der Waals surface area contributed by atoms with Crippen LogP contribution in [0.3, 0.4) is 0 Å². The van der Waals surface area contributed by atoms with Crippen molar-refractivity contribution >= 4 is 29.2 Å². The number of aromatic nitrogens is 2. The number of nitrogens with one attached hydrogen (secondary N) is 1. The Balaban J connectivity index is 1.40. The summed E-state index contributed by atoms with van der Waals surface area (Å²) in [5.74, 6) is -1.10. The van der Waals surface area contributed by atoms with E-state index in [9.17, 15) is 18.8 Å². The summed E-state index contributed by atoms with van der Waals surface area (Å²) >= 11 is 1.43. The summed E-state index contributed by atoms with van der Waals surface area (Å²) in [7, 11) is 0. The number of aryl methyl sites for hydroxylation is 1. The van der Waals surface area contributed by atoms with Gasteiger partial charge in [-0.15, -0.1) is 11.3 Å². The second-order valence-electron chi connectivity index (χ2n) is 8.82. The third-order valence-electron chi connectivity index (χ3n) is 6.74. The smallest absolute Gasteiger partial charge is 0.325 e. The lowest BCUT2D eigenvalue weighted by Crippen LogP contribution is -2.54. The molecule has 35 heavy (non-hydrogen) atoms. The summed E-state index contributed by atoms with van der Waals surface area (Å²) in [4.78, 5) is 51.3. The van der Waals surface area contributed by atoms with Crippen molar-refractivity contribution in [3.63, 3.8) is 0 Å². The van der Waals surface area contributed by atoms with Crippen LogP contribution in [-0.2, 0) is 16.9 Å². The number of urea groups is 1. The molecule has 2 aliphatic heterocycles. The van der Waals surface area contributed by atoms with Gasteiger partial charge < -0.3 is 10.2 Å². The first kappa shape index (κ1) is 23.1. The summed E-state index contributed by atoms with van der Waals surface area (Å²) < 4.78 is 13.3. The molecule has 3 aromatic rings. The number of pyridine rings is 1. The highest BCUT2D eigenvalue weighted by Gasteiger charge is 2.57. The van der Waals surface area contributed by atoms with Crippen molar-refractivity contribution in [2.45, 2.75) is 31.8 Å².